The Bertz CT molecular complexity index is 329. The summed E-state index contributed by atoms with van der Waals surface area (Å²) in [4.78, 5) is 9.49. The zero-order chi connectivity index (χ0) is 12.3. The maximum Gasteiger partial charge on any atom is 0.169 e. The quantitative estimate of drug-likeness (QED) is 0.706. The van der Waals surface area contributed by atoms with Gasteiger partial charge in [0, 0.05) is 12.6 Å². The second kappa shape index (κ2) is 5.21. The van der Waals surface area contributed by atoms with E-state index in [1.54, 1.807) is 0 Å². The molecular formula is C11H23N5. The van der Waals surface area contributed by atoms with Crippen LogP contribution in [0.3, 0.4) is 0 Å². The number of rotatable bonds is 5. The van der Waals surface area contributed by atoms with Gasteiger partial charge in [-0.2, -0.15) is 0 Å². The molecule has 0 aliphatic heterocycles. The van der Waals surface area contributed by atoms with Gasteiger partial charge in [-0.05, 0) is 26.9 Å². The highest BCUT2D eigenvalue weighted by atomic mass is 15.2. The highest BCUT2D eigenvalue weighted by molar-refractivity contribution is 5.57. The van der Waals surface area contributed by atoms with E-state index in [1.807, 2.05) is 6.92 Å². The number of aryl methyl sites for hydroxylation is 1. The van der Waals surface area contributed by atoms with Gasteiger partial charge in [0.05, 0.1) is 0 Å². The van der Waals surface area contributed by atoms with Gasteiger partial charge >= 0.3 is 0 Å². The number of nitrogens with two attached hydrogens (primary N) is 1. The maximum atomic E-state index is 5.83. The van der Waals surface area contributed by atoms with Gasteiger partial charge < -0.3 is 20.9 Å². The van der Waals surface area contributed by atoms with Crippen LogP contribution in [0, 0.1) is 12.8 Å². The lowest BCUT2D eigenvalue weighted by Gasteiger charge is -2.25. The molecule has 1 heterocycles. The first-order valence-electron chi connectivity index (χ1n) is 5.63. The smallest absolute Gasteiger partial charge is 0.169 e. The normalized spacial score (nSPS) is 13.4. The summed E-state index contributed by atoms with van der Waals surface area (Å²) < 4.78 is 0. The minimum atomic E-state index is 0.347. The molecule has 0 aromatic carbocycles. The molecule has 1 rings (SSSR count). The van der Waals surface area contributed by atoms with Crippen molar-refractivity contribution in [3.8, 4) is 0 Å². The van der Waals surface area contributed by atoms with Crippen LogP contribution in [0.1, 0.15) is 19.7 Å². The number of nitrogen functional groups attached to an aromatic ring is 1. The van der Waals surface area contributed by atoms with Crippen LogP contribution >= 0.6 is 0 Å². The summed E-state index contributed by atoms with van der Waals surface area (Å²) >= 11 is 0. The summed E-state index contributed by atoms with van der Waals surface area (Å²) in [6.07, 6.45) is 0. The molecule has 0 saturated heterocycles. The molecule has 16 heavy (non-hydrogen) atoms. The van der Waals surface area contributed by atoms with E-state index in [0.29, 0.717) is 17.8 Å². The number of hydrogen-bond donors (Lipinski definition) is 3. The molecule has 0 bridgehead atoms. The van der Waals surface area contributed by atoms with Crippen molar-refractivity contribution >= 4 is 11.6 Å². The molecule has 1 unspecified atom stereocenters. The largest absolute Gasteiger partial charge is 0.382 e. The average molecular weight is 225 g/mol. The van der Waals surface area contributed by atoms with Crippen LogP contribution < -0.4 is 11.1 Å². The van der Waals surface area contributed by atoms with Crippen molar-refractivity contribution < 1.29 is 0 Å². The van der Waals surface area contributed by atoms with Crippen molar-refractivity contribution in [2.75, 3.05) is 31.7 Å². The van der Waals surface area contributed by atoms with Crippen LogP contribution in [0.4, 0.5) is 11.6 Å². The lowest BCUT2D eigenvalue weighted by molar-refractivity contribution is 0.344. The fraction of sp³-hybridized carbons (Fsp3) is 0.727. The van der Waals surface area contributed by atoms with Gasteiger partial charge in [-0.3, -0.25) is 0 Å². The number of nitrogens with one attached hydrogen (secondary N) is 2. The van der Waals surface area contributed by atoms with Crippen LogP contribution in [0.2, 0.25) is 0 Å². The third-order valence-corrected chi connectivity index (χ3v) is 2.54. The van der Waals surface area contributed by atoms with Crippen molar-refractivity contribution in [1.29, 1.82) is 0 Å². The zero-order valence-electron chi connectivity index (χ0n) is 10.8. The molecule has 92 valence electrons. The summed E-state index contributed by atoms with van der Waals surface area (Å²) in [5, 5.41) is 3.39. The van der Waals surface area contributed by atoms with Crippen molar-refractivity contribution in [1.82, 2.24) is 14.9 Å². The molecule has 0 saturated carbocycles. The third kappa shape index (κ3) is 3.41. The molecule has 0 aliphatic rings. The van der Waals surface area contributed by atoms with Crippen molar-refractivity contribution in [2.24, 2.45) is 5.92 Å². The van der Waals surface area contributed by atoms with E-state index in [4.69, 9.17) is 5.73 Å². The molecule has 0 spiro atoms. The number of likely N-dealkylation sites (N-methyl/N-ethyl adjacent to an activating group) is 1. The molecule has 1 atom stereocenters. The monoisotopic (exact) mass is 225 g/mol. The average Bonchev–Trinajstić information content (AvgIpc) is 2.43. The maximum absolute atomic E-state index is 5.83. The lowest BCUT2D eigenvalue weighted by atomic mass is 10.0. The van der Waals surface area contributed by atoms with Crippen LogP contribution in [0.15, 0.2) is 0 Å². The fourth-order valence-corrected chi connectivity index (χ4v) is 1.61. The number of imidazole rings is 1. The summed E-state index contributed by atoms with van der Waals surface area (Å²) in [5.74, 6) is 2.74. The van der Waals surface area contributed by atoms with Crippen LogP contribution in [0.25, 0.3) is 0 Å². The SMILES string of the molecule is Cc1nc(NC(CN(C)C)C(C)C)c(N)[nH]1. The Morgan fingerprint density at radius 1 is 1.44 bits per heavy atom. The van der Waals surface area contributed by atoms with Gasteiger partial charge in [0.2, 0.25) is 0 Å². The molecular weight excluding hydrogens is 202 g/mol. The molecule has 1 aromatic rings. The summed E-state index contributed by atoms with van der Waals surface area (Å²) in [6.45, 7) is 7.24. The van der Waals surface area contributed by atoms with E-state index >= 15 is 0 Å². The first kappa shape index (κ1) is 12.8. The first-order chi connectivity index (χ1) is 7.40. The first-order valence-corrected chi connectivity index (χ1v) is 5.63. The third-order valence-electron chi connectivity index (χ3n) is 2.54. The Morgan fingerprint density at radius 3 is 2.44 bits per heavy atom. The number of aromatic nitrogens is 2. The second-order valence-electron chi connectivity index (χ2n) is 4.84. The molecule has 0 amide bonds. The van der Waals surface area contributed by atoms with Crippen molar-refractivity contribution in [2.45, 2.75) is 26.8 Å². The number of H-pyrrole nitrogens is 1. The zero-order valence-corrected chi connectivity index (χ0v) is 10.8. The summed E-state index contributed by atoms with van der Waals surface area (Å²) in [7, 11) is 4.13. The van der Waals surface area contributed by atoms with Crippen molar-refractivity contribution in [3.05, 3.63) is 5.82 Å². The Labute approximate surface area is 97.4 Å². The van der Waals surface area contributed by atoms with E-state index in [-0.39, 0.29) is 0 Å². The Hall–Kier alpha value is -1.23. The standard InChI is InChI=1S/C11H23N5/c1-7(2)9(6-16(4)5)15-11-10(12)13-8(3)14-11/h7,9,15H,6,12H2,1-5H3,(H,13,14). The highest BCUT2D eigenvalue weighted by Gasteiger charge is 2.16. The van der Waals surface area contributed by atoms with Gasteiger partial charge in [0.1, 0.15) is 11.6 Å². The minimum absolute atomic E-state index is 0.347. The Balaban J connectivity index is 2.71. The van der Waals surface area contributed by atoms with Crippen LogP contribution in [0.5, 0.6) is 0 Å². The molecule has 4 N–H and O–H groups in total. The predicted octanol–water partition coefficient (Wildman–Crippen LogP) is 1.30. The molecule has 0 fully saturated rings. The summed E-state index contributed by atoms with van der Waals surface area (Å²) in [5.41, 5.74) is 5.83. The number of anilines is 2. The van der Waals surface area contributed by atoms with Crippen LogP contribution in [-0.2, 0) is 0 Å². The number of aromatic amines is 1. The van der Waals surface area contributed by atoms with E-state index in [9.17, 15) is 0 Å². The fourth-order valence-electron chi connectivity index (χ4n) is 1.61. The molecule has 5 nitrogen and oxygen atoms in total. The predicted molar refractivity (Wildman–Crippen MR) is 68.5 cm³/mol. The Morgan fingerprint density at radius 2 is 2.06 bits per heavy atom. The molecule has 0 aliphatic carbocycles. The van der Waals surface area contributed by atoms with Gasteiger partial charge in [0.15, 0.2) is 5.82 Å². The van der Waals surface area contributed by atoms with Gasteiger partial charge in [-0.15, -0.1) is 0 Å². The van der Waals surface area contributed by atoms with E-state index in [0.717, 1.165) is 18.2 Å². The number of nitrogens with zero attached hydrogens (tertiary/aromatic N) is 2. The topological polar surface area (TPSA) is 70.0 Å². The lowest BCUT2D eigenvalue weighted by Crippen LogP contribution is -2.36. The molecule has 0 radical (unpaired) electrons. The number of hydrogen-bond acceptors (Lipinski definition) is 4. The highest BCUT2D eigenvalue weighted by Crippen LogP contribution is 2.17. The van der Waals surface area contributed by atoms with Gasteiger partial charge in [-0.1, -0.05) is 13.8 Å². The van der Waals surface area contributed by atoms with E-state index in [2.05, 4.69) is 48.1 Å². The second-order valence-corrected chi connectivity index (χ2v) is 4.84. The van der Waals surface area contributed by atoms with Crippen LogP contribution in [-0.4, -0.2) is 41.5 Å². The van der Waals surface area contributed by atoms with Crippen molar-refractivity contribution in [3.63, 3.8) is 0 Å². The van der Waals surface area contributed by atoms with Gasteiger partial charge in [-0.25, -0.2) is 4.98 Å². The van der Waals surface area contributed by atoms with Gasteiger partial charge in [0.25, 0.3) is 0 Å². The summed E-state index contributed by atoms with van der Waals surface area (Å²) in [6, 6.07) is 0.347. The van der Waals surface area contributed by atoms with E-state index in [1.165, 1.54) is 0 Å². The Kier molecular flexibility index (Phi) is 4.18. The molecule has 5 heteroatoms. The van der Waals surface area contributed by atoms with E-state index < -0.39 is 0 Å². The molecule has 1 aromatic heterocycles. The minimum Gasteiger partial charge on any atom is -0.382 e.